The highest BCUT2D eigenvalue weighted by Crippen LogP contribution is 2.19. The Bertz CT molecular complexity index is 582. The minimum Gasteiger partial charge on any atom is -0.392 e. The number of aliphatic hydroxyl groups excluding tert-OH is 1. The smallest absolute Gasteiger partial charge is 0.0717 e. The minimum absolute atomic E-state index is 0.116. The summed E-state index contributed by atoms with van der Waals surface area (Å²) in [5, 5.41) is 9.09. The topological polar surface area (TPSA) is 32.7 Å². The Labute approximate surface area is 138 Å². The second-order valence-corrected chi connectivity index (χ2v) is 6.37. The Morgan fingerprint density at radius 3 is 2.43 bits per heavy atom. The molecule has 1 saturated heterocycles. The normalized spacial score (nSPS) is 18.4. The highest BCUT2D eigenvalue weighted by Gasteiger charge is 2.22. The van der Waals surface area contributed by atoms with Gasteiger partial charge in [-0.1, -0.05) is 54.6 Å². The van der Waals surface area contributed by atoms with E-state index in [9.17, 15) is 0 Å². The van der Waals surface area contributed by atoms with Gasteiger partial charge in [0.05, 0.1) is 19.8 Å². The summed E-state index contributed by atoms with van der Waals surface area (Å²) >= 11 is 0. The summed E-state index contributed by atoms with van der Waals surface area (Å²) in [5.74, 6) is 0.635. The Hall–Kier alpha value is -1.68. The van der Waals surface area contributed by atoms with Crippen molar-refractivity contribution in [1.82, 2.24) is 4.90 Å². The first-order valence-corrected chi connectivity index (χ1v) is 8.36. The number of rotatable bonds is 7. The van der Waals surface area contributed by atoms with Crippen molar-refractivity contribution >= 4 is 0 Å². The van der Waals surface area contributed by atoms with Crippen LogP contribution in [0.25, 0.3) is 0 Å². The first-order chi connectivity index (χ1) is 11.3. The summed E-state index contributed by atoms with van der Waals surface area (Å²) in [5.41, 5.74) is 3.53. The second-order valence-electron chi connectivity index (χ2n) is 6.37. The number of benzene rings is 2. The van der Waals surface area contributed by atoms with Crippen molar-refractivity contribution in [3.05, 3.63) is 71.3 Å². The van der Waals surface area contributed by atoms with E-state index in [0.717, 1.165) is 31.8 Å². The van der Waals surface area contributed by atoms with Crippen molar-refractivity contribution in [2.45, 2.75) is 26.2 Å². The van der Waals surface area contributed by atoms with Gasteiger partial charge in [-0.2, -0.15) is 0 Å². The molecule has 1 N–H and O–H groups in total. The van der Waals surface area contributed by atoms with Crippen LogP contribution in [0, 0.1) is 5.92 Å². The summed E-state index contributed by atoms with van der Waals surface area (Å²) in [7, 11) is 0. The predicted octanol–water partition coefficient (Wildman–Crippen LogP) is 3.22. The van der Waals surface area contributed by atoms with Crippen molar-refractivity contribution in [3.63, 3.8) is 0 Å². The van der Waals surface area contributed by atoms with Gasteiger partial charge in [0.1, 0.15) is 0 Å². The van der Waals surface area contributed by atoms with Gasteiger partial charge in [-0.3, -0.25) is 4.90 Å². The van der Waals surface area contributed by atoms with Crippen LogP contribution in [0.4, 0.5) is 0 Å². The van der Waals surface area contributed by atoms with Gasteiger partial charge in [0.15, 0.2) is 0 Å². The van der Waals surface area contributed by atoms with Crippen LogP contribution in [0.5, 0.6) is 0 Å². The standard InChI is InChI=1S/C20H25NO2/c22-14-18-8-6-17(7-9-18)12-21-11-10-20(13-21)16-23-15-19-4-2-1-3-5-19/h1-9,20,22H,10-16H2. The summed E-state index contributed by atoms with van der Waals surface area (Å²) < 4.78 is 5.88. The molecule has 0 aliphatic carbocycles. The van der Waals surface area contributed by atoms with Crippen molar-refractivity contribution < 1.29 is 9.84 Å². The lowest BCUT2D eigenvalue weighted by Crippen LogP contribution is -2.21. The number of nitrogens with zero attached hydrogens (tertiary/aromatic N) is 1. The highest BCUT2D eigenvalue weighted by atomic mass is 16.5. The fourth-order valence-electron chi connectivity index (χ4n) is 3.12. The molecule has 3 heteroatoms. The van der Waals surface area contributed by atoms with E-state index in [1.165, 1.54) is 17.5 Å². The SMILES string of the molecule is OCc1ccc(CN2CCC(COCc3ccccc3)C2)cc1. The summed E-state index contributed by atoms with van der Waals surface area (Å²) in [6, 6.07) is 18.6. The van der Waals surface area contributed by atoms with Crippen molar-refractivity contribution in [2.75, 3.05) is 19.7 Å². The van der Waals surface area contributed by atoms with Gasteiger partial charge in [0.25, 0.3) is 0 Å². The number of hydrogen-bond acceptors (Lipinski definition) is 3. The van der Waals surface area contributed by atoms with E-state index in [-0.39, 0.29) is 6.61 Å². The van der Waals surface area contributed by atoms with Crippen LogP contribution >= 0.6 is 0 Å². The van der Waals surface area contributed by atoms with Crippen LogP contribution in [0.2, 0.25) is 0 Å². The van der Waals surface area contributed by atoms with E-state index in [1.54, 1.807) is 0 Å². The molecule has 0 spiro atoms. The number of likely N-dealkylation sites (tertiary alicyclic amines) is 1. The lowest BCUT2D eigenvalue weighted by Gasteiger charge is -2.16. The van der Waals surface area contributed by atoms with Crippen LogP contribution in [0.3, 0.4) is 0 Å². The Morgan fingerprint density at radius 1 is 0.957 bits per heavy atom. The molecule has 3 rings (SSSR count). The van der Waals surface area contributed by atoms with Crippen molar-refractivity contribution in [3.8, 4) is 0 Å². The molecule has 0 bridgehead atoms. The summed E-state index contributed by atoms with van der Waals surface area (Å²) in [6.45, 7) is 4.90. The number of aliphatic hydroxyl groups is 1. The Kier molecular flexibility index (Phi) is 5.81. The Balaban J connectivity index is 1.39. The van der Waals surface area contributed by atoms with Crippen molar-refractivity contribution in [1.29, 1.82) is 0 Å². The van der Waals surface area contributed by atoms with E-state index >= 15 is 0 Å². The first kappa shape index (κ1) is 16.2. The summed E-state index contributed by atoms with van der Waals surface area (Å²) in [4.78, 5) is 2.49. The predicted molar refractivity (Wildman–Crippen MR) is 91.8 cm³/mol. The zero-order valence-corrected chi connectivity index (χ0v) is 13.5. The van der Waals surface area contributed by atoms with Crippen LogP contribution in [0.1, 0.15) is 23.1 Å². The van der Waals surface area contributed by atoms with Gasteiger partial charge < -0.3 is 9.84 Å². The first-order valence-electron chi connectivity index (χ1n) is 8.36. The minimum atomic E-state index is 0.116. The summed E-state index contributed by atoms with van der Waals surface area (Å²) in [6.07, 6.45) is 1.21. The van der Waals surface area contributed by atoms with Crippen LogP contribution in [-0.4, -0.2) is 29.7 Å². The largest absolute Gasteiger partial charge is 0.392 e. The third kappa shape index (κ3) is 4.90. The molecule has 2 aromatic rings. The molecule has 1 heterocycles. The van der Waals surface area contributed by atoms with Gasteiger partial charge >= 0.3 is 0 Å². The molecule has 122 valence electrons. The molecule has 2 aromatic carbocycles. The molecular weight excluding hydrogens is 286 g/mol. The number of hydrogen-bond donors (Lipinski definition) is 1. The highest BCUT2D eigenvalue weighted by molar-refractivity contribution is 5.22. The monoisotopic (exact) mass is 311 g/mol. The maximum absolute atomic E-state index is 9.09. The van der Waals surface area contributed by atoms with Crippen LogP contribution in [-0.2, 0) is 24.5 Å². The third-order valence-electron chi connectivity index (χ3n) is 4.45. The maximum Gasteiger partial charge on any atom is 0.0717 e. The van der Waals surface area contributed by atoms with E-state index in [1.807, 2.05) is 18.2 Å². The zero-order valence-electron chi connectivity index (χ0n) is 13.5. The third-order valence-corrected chi connectivity index (χ3v) is 4.45. The van der Waals surface area contributed by atoms with Gasteiger partial charge in [-0.25, -0.2) is 0 Å². The Morgan fingerprint density at radius 2 is 1.70 bits per heavy atom. The maximum atomic E-state index is 9.09. The van der Waals surface area contributed by atoms with E-state index < -0.39 is 0 Å². The van der Waals surface area contributed by atoms with E-state index in [0.29, 0.717) is 12.5 Å². The average molecular weight is 311 g/mol. The van der Waals surface area contributed by atoms with E-state index in [4.69, 9.17) is 9.84 Å². The lowest BCUT2D eigenvalue weighted by molar-refractivity contribution is 0.0885. The van der Waals surface area contributed by atoms with Crippen molar-refractivity contribution in [2.24, 2.45) is 5.92 Å². The fraction of sp³-hybridized carbons (Fsp3) is 0.400. The molecule has 0 saturated carbocycles. The fourth-order valence-corrected chi connectivity index (χ4v) is 3.12. The quantitative estimate of drug-likeness (QED) is 0.852. The molecule has 0 radical (unpaired) electrons. The molecule has 1 fully saturated rings. The van der Waals surface area contributed by atoms with Crippen LogP contribution < -0.4 is 0 Å². The second kappa shape index (κ2) is 8.25. The molecule has 0 amide bonds. The van der Waals surface area contributed by atoms with Crippen LogP contribution in [0.15, 0.2) is 54.6 Å². The van der Waals surface area contributed by atoms with E-state index in [2.05, 4.69) is 41.3 Å². The molecule has 23 heavy (non-hydrogen) atoms. The van der Waals surface area contributed by atoms with Gasteiger partial charge in [0, 0.05) is 13.1 Å². The van der Waals surface area contributed by atoms with Gasteiger partial charge in [-0.05, 0) is 35.6 Å². The van der Waals surface area contributed by atoms with Gasteiger partial charge in [0.2, 0.25) is 0 Å². The molecule has 1 atom stereocenters. The molecule has 3 nitrogen and oxygen atoms in total. The molecule has 1 aliphatic heterocycles. The molecular formula is C20H25NO2. The zero-order chi connectivity index (χ0) is 15.9. The molecule has 0 aromatic heterocycles. The number of ether oxygens (including phenoxy) is 1. The molecule has 1 aliphatic rings. The average Bonchev–Trinajstić information content (AvgIpc) is 3.04. The lowest BCUT2D eigenvalue weighted by atomic mass is 10.1. The molecule has 1 unspecified atom stereocenters. The van der Waals surface area contributed by atoms with Gasteiger partial charge in [-0.15, -0.1) is 0 Å².